The molecule has 2 aromatic rings. The molecule has 0 fully saturated rings. The molecule has 0 saturated carbocycles. The first-order valence-electron chi connectivity index (χ1n) is 7.18. The number of hydrogen-bond donors (Lipinski definition) is 3. The molecule has 0 unspecified atom stereocenters. The molecule has 24 heavy (non-hydrogen) atoms. The average Bonchev–Trinajstić information content (AvgIpc) is 3.26. The van der Waals surface area contributed by atoms with E-state index < -0.39 is 0 Å². The van der Waals surface area contributed by atoms with Gasteiger partial charge in [0, 0.05) is 32.0 Å². The van der Waals surface area contributed by atoms with Crippen LogP contribution in [0.2, 0.25) is 0 Å². The molecular formula is C16H16N6O2. The number of carbonyl (C=O) groups is 2. The van der Waals surface area contributed by atoms with E-state index >= 15 is 0 Å². The van der Waals surface area contributed by atoms with Gasteiger partial charge in [-0.1, -0.05) is 0 Å². The minimum atomic E-state index is -0.351. The first-order valence-corrected chi connectivity index (χ1v) is 7.18. The van der Waals surface area contributed by atoms with Crippen LogP contribution < -0.4 is 5.32 Å². The van der Waals surface area contributed by atoms with Crippen LogP contribution in [0.25, 0.3) is 0 Å². The number of nitrogens with zero attached hydrogens (tertiary/aromatic N) is 3. The summed E-state index contributed by atoms with van der Waals surface area (Å²) >= 11 is 0. The molecule has 122 valence electrons. The molecule has 2 rings (SSSR count). The standard InChI is InChI=1S/C16H16N6O2/c1-10(7-21-15(23)13-3-11(5-17)8-19-13)22(2)16(24)14-4-12(6-18)9-20-14/h3-4,8-10,19-20H,7H2,1-2H3,(H,21,23)/t10-/m0/s1. The number of carbonyl (C=O) groups excluding carboxylic acids is 2. The zero-order valence-corrected chi connectivity index (χ0v) is 13.3. The Bertz CT molecular complexity index is 835. The maximum atomic E-state index is 12.3. The van der Waals surface area contributed by atoms with Gasteiger partial charge >= 0.3 is 0 Å². The predicted molar refractivity (Wildman–Crippen MR) is 84.9 cm³/mol. The molecule has 0 aliphatic rings. The smallest absolute Gasteiger partial charge is 0.270 e. The van der Waals surface area contributed by atoms with E-state index in [0.29, 0.717) is 16.8 Å². The minimum absolute atomic E-state index is 0.244. The van der Waals surface area contributed by atoms with Gasteiger partial charge < -0.3 is 20.2 Å². The molecule has 2 aromatic heterocycles. The van der Waals surface area contributed by atoms with Crippen molar-refractivity contribution in [2.75, 3.05) is 13.6 Å². The average molecular weight is 324 g/mol. The van der Waals surface area contributed by atoms with Crippen LogP contribution in [-0.4, -0.2) is 46.3 Å². The quantitative estimate of drug-likeness (QED) is 0.757. The fraction of sp³-hybridized carbons (Fsp3) is 0.250. The lowest BCUT2D eigenvalue weighted by Gasteiger charge is -2.24. The van der Waals surface area contributed by atoms with Crippen LogP contribution in [0.4, 0.5) is 0 Å². The monoisotopic (exact) mass is 324 g/mol. The summed E-state index contributed by atoms with van der Waals surface area (Å²) in [5.41, 5.74) is 1.36. The van der Waals surface area contributed by atoms with Crippen molar-refractivity contribution >= 4 is 11.8 Å². The summed E-state index contributed by atoms with van der Waals surface area (Å²) in [6.07, 6.45) is 2.91. The third-order valence-electron chi connectivity index (χ3n) is 3.64. The highest BCUT2D eigenvalue weighted by Crippen LogP contribution is 2.08. The molecule has 0 bridgehead atoms. The number of H-pyrrole nitrogens is 2. The lowest BCUT2D eigenvalue weighted by Crippen LogP contribution is -2.43. The second-order valence-corrected chi connectivity index (χ2v) is 5.30. The van der Waals surface area contributed by atoms with Crippen LogP contribution in [0, 0.1) is 22.7 Å². The Labute approximate surface area is 138 Å². The number of nitrogens with one attached hydrogen (secondary N) is 3. The van der Waals surface area contributed by atoms with Crippen molar-refractivity contribution in [1.82, 2.24) is 20.2 Å². The van der Waals surface area contributed by atoms with Crippen LogP contribution in [0.15, 0.2) is 24.5 Å². The van der Waals surface area contributed by atoms with Gasteiger partial charge in [0.25, 0.3) is 11.8 Å². The van der Waals surface area contributed by atoms with Crippen molar-refractivity contribution in [2.24, 2.45) is 0 Å². The van der Waals surface area contributed by atoms with Crippen molar-refractivity contribution < 1.29 is 9.59 Å². The first-order chi connectivity index (χ1) is 11.5. The highest BCUT2D eigenvalue weighted by Gasteiger charge is 2.20. The summed E-state index contributed by atoms with van der Waals surface area (Å²) in [6.45, 7) is 2.04. The van der Waals surface area contributed by atoms with E-state index in [1.165, 1.54) is 29.4 Å². The summed E-state index contributed by atoms with van der Waals surface area (Å²) < 4.78 is 0. The molecule has 1 atom stereocenters. The van der Waals surface area contributed by atoms with Gasteiger partial charge in [-0.15, -0.1) is 0 Å². The van der Waals surface area contributed by atoms with Gasteiger partial charge in [-0.3, -0.25) is 9.59 Å². The SMILES string of the molecule is C[C@@H](CNC(=O)c1cc(C#N)c[nH]1)N(C)C(=O)c1cc(C#N)c[nH]1. The highest BCUT2D eigenvalue weighted by molar-refractivity contribution is 5.94. The van der Waals surface area contributed by atoms with E-state index in [4.69, 9.17) is 10.5 Å². The summed E-state index contributed by atoms with van der Waals surface area (Å²) in [5.74, 6) is -0.624. The van der Waals surface area contributed by atoms with Crippen LogP contribution >= 0.6 is 0 Å². The van der Waals surface area contributed by atoms with Gasteiger partial charge in [0.05, 0.1) is 11.1 Å². The van der Waals surface area contributed by atoms with Crippen LogP contribution in [-0.2, 0) is 0 Å². The molecule has 2 amide bonds. The third kappa shape index (κ3) is 3.62. The van der Waals surface area contributed by atoms with Crippen molar-refractivity contribution in [2.45, 2.75) is 13.0 Å². The van der Waals surface area contributed by atoms with Crippen LogP contribution in [0.3, 0.4) is 0 Å². The van der Waals surface area contributed by atoms with Crippen molar-refractivity contribution in [3.05, 3.63) is 47.0 Å². The maximum Gasteiger partial charge on any atom is 0.270 e. The van der Waals surface area contributed by atoms with Gasteiger partial charge in [0.15, 0.2) is 0 Å². The molecule has 0 radical (unpaired) electrons. The number of nitriles is 2. The Morgan fingerprint density at radius 2 is 1.71 bits per heavy atom. The molecule has 0 aliphatic carbocycles. The Kier molecular flexibility index (Phi) is 5.03. The first kappa shape index (κ1) is 16.8. The highest BCUT2D eigenvalue weighted by atomic mass is 16.2. The second-order valence-electron chi connectivity index (χ2n) is 5.30. The van der Waals surface area contributed by atoms with Crippen molar-refractivity contribution in [3.63, 3.8) is 0 Å². The number of aromatic amines is 2. The number of hydrogen-bond acceptors (Lipinski definition) is 4. The van der Waals surface area contributed by atoms with E-state index in [-0.39, 0.29) is 30.1 Å². The molecular weight excluding hydrogens is 308 g/mol. The number of likely N-dealkylation sites (N-methyl/N-ethyl adjacent to an activating group) is 1. The molecule has 0 saturated heterocycles. The van der Waals surface area contributed by atoms with Gasteiger partial charge in [-0.2, -0.15) is 10.5 Å². The normalized spacial score (nSPS) is 11.2. The summed E-state index contributed by atoms with van der Waals surface area (Å²) in [6, 6.07) is 6.56. The molecule has 0 aromatic carbocycles. The fourth-order valence-electron chi connectivity index (χ4n) is 2.04. The van der Waals surface area contributed by atoms with E-state index in [2.05, 4.69) is 15.3 Å². The van der Waals surface area contributed by atoms with Gasteiger partial charge in [-0.05, 0) is 19.1 Å². The Morgan fingerprint density at radius 3 is 2.25 bits per heavy atom. The van der Waals surface area contributed by atoms with Gasteiger partial charge in [0.1, 0.15) is 23.5 Å². The van der Waals surface area contributed by atoms with E-state index in [1.54, 1.807) is 14.0 Å². The van der Waals surface area contributed by atoms with E-state index in [9.17, 15) is 9.59 Å². The number of aromatic nitrogens is 2. The summed E-state index contributed by atoms with van der Waals surface area (Å²) in [7, 11) is 1.62. The van der Waals surface area contributed by atoms with Gasteiger partial charge in [0.2, 0.25) is 0 Å². The maximum absolute atomic E-state index is 12.3. The zero-order chi connectivity index (χ0) is 17.7. The van der Waals surface area contributed by atoms with Gasteiger partial charge in [-0.25, -0.2) is 0 Å². The molecule has 0 aliphatic heterocycles. The number of rotatable bonds is 5. The summed E-state index contributed by atoms with van der Waals surface area (Å²) in [5, 5.41) is 20.2. The fourth-order valence-corrected chi connectivity index (χ4v) is 2.04. The van der Waals surface area contributed by atoms with Crippen LogP contribution in [0.5, 0.6) is 0 Å². The number of amides is 2. The molecule has 8 heteroatoms. The topological polar surface area (TPSA) is 129 Å². The predicted octanol–water partition coefficient (Wildman–Crippen LogP) is 0.977. The molecule has 3 N–H and O–H groups in total. The van der Waals surface area contributed by atoms with Crippen molar-refractivity contribution in [3.8, 4) is 12.1 Å². The molecule has 2 heterocycles. The zero-order valence-electron chi connectivity index (χ0n) is 13.3. The third-order valence-corrected chi connectivity index (χ3v) is 3.64. The Hall–Kier alpha value is -3.52. The largest absolute Gasteiger partial charge is 0.356 e. The summed E-state index contributed by atoms with van der Waals surface area (Å²) in [4.78, 5) is 31.2. The lowest BCUT2D eigenvalue weighted by atomic mass is 10.2. The Morgan fingerprint density at radius 1 is 1.17 bits per heavy atom. The molecule has 0 spiro atoms. The minimum Gasteiger partial charge on any atom is -0.356 e. The second kappa shape index (κ2) is 7.16. The van der Waals surface area contributed by atoms with E-state index in [1.807, 2.05) is 12.1 Å². The Balaban J connectivity index is 1.92. The van der Waals surface area contributed by atoms with Crippen molar-refractivity contribution in [1.29, 1.82) is 10.5 Å². The van der Waals surface area contributed by atoms with Crippen LogP contribution in [0.1, 0.15) is 39.0 Å². The molecule has 8 nitrogen and oxygen atoms in total. The lowest BCUT2D eigenvalue weighted by molar-refractivity contribution is 0.0726. The van der Waals surface area contributed by atoms with E-state index in [0.717, 1.165) is 0 Å².